The Kier molecular flexibility index (Phi) is 10.1. The zero-order valence-electron chi connectivity index (χ0n) is 19.9. The van der Waals surface area contributed by atoms with E-state index in [9.17, 15) is 9.90 Å². The maximum atomic E-state index is 12.1. The van der Waals surface area contributed by atoms with Crippen molar-refractivity contribution in [1.29, 1.82) is 0 Å². The summed E-state index contributed by atoms with van der Waals surface area (Å²) in [6.45, 7) is 9.59. The van der Waals surface area contributed by atoms with Crippen LogP contribution in [0.15, 0.2) is 18.2 Å². The number of carbonyl (C=O) groups is 1. The van der Waals surface area contributed by atoms with Crippen LogP contribution in [-0.4, -0.2) is 50.7 Å². The van der Waals surface area contributed by atoms with E-state index in [1.807, 2.05) is 32.0 Å². The molecule has 0 amide bonds. The lowest BCUT2D eigenvalue weighted by atomic mass is 9.82. The van der Waals surface area contributed by atoms with Gasteiger partial charge in [-0.25, -0.2) is 0 Å². The van der Waals surface area contributed by atoms with E-state index in [2.05, 4.69) is 13.8 Å². The Morgan fingerprint density at radius 3 is 2.45 bits per heavy atom. The molecule has 6 nitrogen and oxygen atoms in total. The summed E-state index contributed by atoms with van der Waals surface area (Å²) in [5, 5.41) is 10.8. The van der Waals surface area contributed by atoms with E-state index in [1.54, 1.807) is 14.2 Å². The standard InChI is InChI=1S/C25H40O6/c1-16(2)19(14-21(26)23-15-20(17(3)4)25(27)31-23)12-18-8-9-22(29-6)24(13-18)30-11-7-10-28-5/h8-9,13,16-17,19-21,23,26H,7,10-12,14-15H2,1-6H3/t19-,20-,21-,23-/m0/s1. The fraction of sp³-hybridized carbons (Fsp3) is 0.720. The molecule has 4 atom stereocenters. The first-order chi connectivity index (χ1) is 14.8. The van der Waals surface area contributed by atoms with Crippen LogP contribution < -0.4 is 9.47 Å². The molecule has 0 aliphatic carbocycles. The molecule has 1 N–H and O–H groups in total. The van der Waals surface area contributed by atoms with Crippen molar-refractivity contribution in [2.24, 2.45) is 23.7 Å². The molecule has 1 heterocycles. The molecule has 176 valence electrons. The lowest BCUT2D eigenvalue weighted by Gasteiger charge is -2.26. The predicted molar refractivity (Wildman–Crippen MR) is 120 cm³/mol. The van der Waals surface area contributed by atoms with Crippen LogP contribution in [0, 0.1) is 23.7 Å². The third-order valence-electron chi connectivity index (χ3n) is 6.25. The van der Waals surface area contributed by atoms with Crippen LogP contribution in [0.3, 0.4) is 0 Å². The van der Waals surface area contributed by atoms with Gasteiger partial charge in [0.15, 0.2) is 11.5 Å². The zero-order chi connectivity index (χ0) is 23.0. The first kappa shape index (κ1) is 25.5. The number of esters is 1. The van der Waals surface area contributed by atoms with Gasteiger partial charge in [0.1, 0.15) is 6.10 Å². The molecule has 1 aliphatic rings. The lowest BCUT2D eigenvalue weighted by Crippen LogP contribution is -2.30. The zero-order valence-corrected chi connectivity index (χ0v) is 19.9. The average molecular weight is 437 g/mol. The maximum Gasteiger partial charge on any atom is 0.309 e. The van der Waals surface area contributed by atoms with E-state index in [1.165, 1.54) is 0 Å². The summed E-state index contributed by atoms with van der Waals surface area (Å²) in [7, 11) is 3.31. The average Bonchev–Trinajstić information content (AvgIpc) is 3.13. The van der Waals surface area contributed by atoms with Gasteiger partial charge in [-0.05, 0) is 48.3 Å². The molecular weight excluding hydrogens is 396 g/mol. The predicted octanol–water partition coefficient (Wildman–Crippen LogP) is 4.26. The van der Waals surface area contributed by atoms with Gasteiger partial charge in [-0.1, -0.05) is 33.8 Å². The van der Waals surface area contributed by atoms with Gasteiger partial charge in [0.2, 0.25) is 0 Å². The summed E-state index contributed by atoms with van der Waals surface area (Å²) in [5.74, 6) is 2.00. The molecule has 31 heavy (non-hydrogen) atoms. The Bertz CT molecular complexity index is 687. The highest BCUT2D eigenvalue weighted by atomic mass is 16.6. The molecule has 0 radical (unpaired) electrons. The van der Waals surface area contributed by atoms with Crippen molar-refractivity contribution < 1.29 is 28.8 Å². The van der Waals surface area contributed by atoms with Crippen LogP contribution in [0.5, 0.6) is 11.5 Å². The van der Waals surface area contributed by atoms with Crippen molar-refractivity contribution in [3.8, 4) is 11.5 Å². The Morgan fingerprint density at radius 2 is 1.87 bits per heavy atom. The Labute approximate surface area is 187 Å². The van der Waals surface area contributed by atoms with Crippen molar-refractivity contribution in [3.05, 3.63) is 23.8 Å². The monoisotopic (exact) mass is 436 g/mol. The number of hydrogen-bond donors (Lipinski definition) is 1. The Hall–Kier alpha value is -1.79. The smallest absolute Gasteiger partial charge is 0.309 e. The van der Waals surface area contributed by atoms with Crippen LogP contribution in [0.25, 0.3) is 0 Å². The van der Waals surface area contributed by atoms with Crippen LogP contribution in [0.1, 0.15) is 52.5 Å². The number of ether oxygens (including phenoxy) is 4. The van der Waals surface area contributed by atoms with Crippen LogP contribution in [0.2, 0.25) is 0 Å². The van der Waals surface area contributed by atoms with Gasteiger partial charge < -0.3 is 24.1 Å². The second-order valence-corrected chi connectivity index (χ2v) is 9.25. The lowest BCUT2D eigenvalue weighted by molar-refractivity contribution is -0.149. The topological polar surface area (TPSA) is 74.2 Å². The summed E-state index contributed by atoms with van der Waals surface area (Å²) in [5.41, 5.74) is 1.14. The van der Waals surface area contributed by atoms with E-state index in [0.29, 0.717) is 37.7 Å². The number of carbonyl (C=O) groups excluding carboxylic acids is 1. The minimum Gasteiger partial charge on any atom is -0.493 e. The van der Waals surface area contributed by atoms with Crippen LogP contribution >= 0.6 is 0 Å². The number of hydrogen-bond acceptors (Lipinski definition) is 6. The summed E-state index contributed by atoms with van der Waals surface area (Å²) < 4.78 is 21.9. The fourth-order valence-electron chi connectivity index (χ4n) is 4.11. The molecule has 1 saturated heterocycles. The summed E-state index contributed by atoms with van der Waals surface area (Å²) >= 11 is 0. The van der Waals surface area contributed by atoms with Crippen LogP contribution in [0.4, 0.5) is 0 Å². The number of rotatable bonds is 13. The second kappa shape index (κ2) is 12.3. The molecule has 0 saturated carbocycles. The van der Waals surface area contributed by atoms with Crippen molar-refractivity contribution in [1.82, 2.24) is 0 Å². The van der Waals surface area contributed by atoms with E-state index in [4.69, 9.17) is 18.9 Å². The molecule has 6 heteroatoms. The quantitative estimate of drug-likeness (QED) is 0.368. The van der Waals surface area contributed by atoms with Crippen LogP contribution in [-0.2, 0) is 20.7 Å². The minimum absolute atomic E-state index is 0.114. The molecule has 0 aromatic heterocycles. The summed E-state index contributed by atoms with van der Waals surface area (Å²) in [4.78, 5) is 12.1. The molecule has 1 aromatic carbocycles. The molecular formula is C25H40O6. The van der Waals surface area contributed by atoms with E-state index >= 15 is 0 Å². The van der Waals surface area contributed by atoms with Gasteiger partial charge >= 0.3 is 5.97 Å². The number of cyclic esters (lactones) is 1. The third kappa shape index (κ3) is 7.39. The Morgan fingerprint density at radius 1 is 1.13 bits per heavy atom. The Balaban J connectivity index is 2.03. The van der Waals surface area contributed by atoms with Crippen molar-refractivity contribution in [2.45, 2.75) is 65.6 Å². The molecule has 1 fully saturated rings. The fourth-order valence-corrected chi connectivity index (χ4v) is 4.11. The van der Waals surface area contributed by atoms with Crippen molar-refractivity contribution in [3.63, 3.8) is 0 Å². The van der Waals surface area contributed by atoms with Gasteiger partial charge in [-0.3, -0.25) is 4.79 Å². The van der Waals surface area contributed by atoms with Crippen molar-refractivity contribution in [2.75, 3.05) is 27.4 Å². The van der Waals surface area contributed by atoms with E-state index in [0.717, 1.165) is 24.2 Å². The van der Waals surface area contributed by atoms with Gasteiger partial charge in [0, 0.05) is 26.6 Å². The van der Waals surface area contributed by atoms with Gasteiger partial charge in [0.25, 0.3) is 0 Å². The van der Waals surface area contributed by atoms with Crippen molar-refractivity contribution >= 4 is 5.97 Å². The maximum absolute atomic E-state index is 12.1. The van der Waals surface area contributed by atoms with Gasteiger partial charge in [-0.2, -0.15) is 0 Å². The highest BCUT2D eigenvalue weighted by molar-refractivity contribution is 5.75. The summed E-state index contributed by atoms with van der Waals surface area (Å²) in [6, 6.07) is 6.01. The summed E-state index contributed by atoms with van der Waals surface area (Å²) in [6.07, 6.45) is 1.75. The number of benzene rings is 1. The number of methoxy groups -OCH3 is 2. The molecule has 0 unspecified atom stereocenters. The molecule has 2 rings (SSSR count). The number of aliphatic hydroxyl groups excluding tert-OH is 1. The number of aliphatic hydroxyl groups is 1. The largest absolute Gasteiger partial charge is 0.493 e. The van der Waals surface area contributed by atoms with E-state index in [-0.39, 0.29) is 23.7 Å². The highest BCUT2D eigenvalue weighted by Crippen LogP contribution is 2.34. The van der Waals surface area contributed by atoms with Gasteiger partial charge in [0.05, 0.1) is 25.7 Å². The molecule has 0 spiro atoms. The molecule has 1 aliphatic heterocycles. The third-order valence-corrected chi connectivity index (χ3v) is 6.25. The second-order valence-electron chi connectivity index (χ2n) is 9.25. The SMILES string of the molecule is COCCCOc1cc(C[C@@H](C[C@H](O)[C@@H]2C[C@@H](C(C)C)C(=O)O2)C(C)C)ccc1OC. The minimum atomic E-state index is -0.650. The normalized spacial score (nSPS) is 20.7. The molecule has 1 aromatic rings. The highest BCUT2D eigenvalue weighted by Gasteiger charge is 2.40. The molecule has 0 bridgehead atoms. The van der Waals surface area contributed by atoms with E-state index < -0.39 is 12.2 Å². The first-order valence-corrected chi connectivity index (χ1v) is 11.4. The first-order valence-electron chi connectivity index (χ1n) is 11.4. The van der Waals surface area contributed by atoms with Gasteiger partial charge in [-0.15, -0.1) is 0 Å².